The van der Waals surface area contributed by atoms with Gasteiger partial charge in [-0.1, -0.05) is 0 Å². The summed E-state index contributed by atoms with van der Waals surface area (Å²) in [4.78, 5) is 46.7. The smallest absolute Gasteiger partial charge is 0.375 e. The van der Waals surface area contributed by atoms with Crippen molar-refractivity contribution in [2.45, 2.75) is 38.5 Å². The average Bonchev–Trinajstić information content (AvgIpc) is 2.37. The Morgan fingerprint density at radius 1 is 1.10 bits per heavy atom. The second kappa shape index (κ2) is 7.25. The largest absolute Gasteiger partial charge is 0.393 e. The van der Waals surface area contributed by atoms with E-state index in [1.165, 1.54) is 0 Å². The van der Waals surface area contributed by atoms with Gasteiger partial charge in [0.05, 0.1) is 6.42 Å². The van der Waals surface area contributed by atoms with E-state index >= 15 is 0 Å². The molecule has 0 amide bonds. The number of hydrogen-bond donors (Lipinski definition) is 1. The van der Waals surface area contributed by atoms with Crippen molar-refractivity contribution in [2.24, 2.45) is 5.73 Å². The summed E-state index contributed by atoms with van der Waals surface area (Å²) < 4.78 is 19.3. The van der Waals surface area contributed by atoms with Gasteiger partial charge in [-0.25, -0.2) is 9.59 Å². The first kappa shape index (κ1) is 17.2. The number of carbonyl (C=O) groups is 4. The Labute approximate surface area is 120 Å². The minimum Gasteiger partial charge on any atom is -0.393 e. The van der Waals surface area contributed by atoms with Crippen LogP contribution < -0.4 is 5.73 Å². The lowest BCUT2D eigenvalue weighted by Gasteiger charge is -2.30. The first-order chi connectivity index (χ1) is 9.84. The molecule has 1 rings (SSSR count). The second-order valence-electron chi connectivity index (χ2n) is 4.16. The van der Waals surface area contributed by atoms with E-state index in [1.54, 1.807) is 13.8 Å². The van der Waals surface area contributed by atoms with Gasteiger partial charge in [-0.05, 0) is 13.8 Å². The lowest BCUT2D eigenvalue weighted by atomic mass is 10.1. The standard InChI is InChI=1S/C12H17NO8/c1-3-18-12(19-4-2)6-9(15)20-8(14)5-7(13)10(16)21-11(12)17/h7H,3-6,13H2,1-2H3/t7-/m0/s1. The average molecular weight is 303 g/mol. The number of hydrogen-bond acceptors (Lipinski definition) is 9. The van der Waals surface area contributed by atoms with E-state index in [2.05, 4.69) is 9.47 Å². The van der Waals surface area contributed by atoms with E-state index in [0.29, 0.717) is 0 Å². The van der Waals surface area contributed by atoms with Crippen LogP contribution in [-0.2, 0) is 38.1 Å². The third kappa shape index (κ3) is 4.31. The van der Waals surface area contributed by atoms with E-state index < -0.39 is 48.5 Å². The summed E-state index contributed by atoms with van der Waals surface area (Å²) >= 11 is 0. The Kier molecular flexibility index (Phi) is 5.94. The molecule has 9 heteroatoms. The van der Waals surface area contributed by atoms with Crippen LogP contribution in [0.15, 0.2) is 0 Å². The molecule has 0 aromatic carbocycles. The van der Waals surface area contributed by atoms with Crippen molar-refractivity contribution in [2.75, 3.05) is 13.2 Å². The highest BCUT2D eigenvalue weighted by atomic mass is 16.7. The third-order valence-corrected chi connectivity index (χ3v) is 2.55. The van der Waals surface area contributed by atoms with Crippen LogP contribution in [0.3, 0.4) is 0 Å². The number of carbonyl (C=O) groups excluding carboxylic acids is 4. The Morgan fingerprint density at radius 2 is 1.67 bits per heavy atom. The van der Waals surface area contributed by atoms with Crippen LogP contribution in [0.5, 0.6) is 0 Å². The van der Waals surface area contributed by atoms with Gasteiger partial charge in [0.15, 0.2) is 0 Å². The van der Waals surface area contributed by atoms with Gasteiger partial charge in [-0.15, -0.1) is 0 Å². The third-order valence-electron chi connectivity index (χ3n) is 2.55. The summed E-state index contributed by atoms with van der Waals surface area (Å²) in [7, 11) is 0. The fourth-order valence-electron chi connectivity index (χ4n) is 1.70. The number of cyclic esters (lactones) is 4. The molecule has 21 heavy (non-hydrogen) atoms. The molecule has 0 unspecified atom stereocenters. The highest BCUT2D eigenvalue weighted by molar-refractivity contribution is 5.98. The molecule has 0 spiro atoms. The van der Waals surface area contributed by atoms with Gasteiger partial charge in [-0.3, -0.25) is 9.59 Å². The van der Waals surface area contributed by atoms with Crippen molar-refractivity contribution in [1.82, 2.24) is 0 Å². The van der Waals surface area contributed by atoms with E-state index in [1.807, 2.05) is 0 Å². The van der Waals surface area contributed by atoms with Gasteiger partial charge in [0.25, 0.3) is 5.79 Å². The fourth-order valence-corrected chi connectivity index (χ4v) is 1.70. The summed E-state index contributed by atoms with van der Waals surface area (Å²) in [6, 6.07) is -1.42. The van der Waals surface area contributed by atoms with Crippen LogP contribution in [0.4, 0.5) is 0 Å². The van der Waals surface area contributed by atoms with Gasteiger partial charge in [0.1, 0.15) is 12.5 Å². The molecule has 1 fully saturated rings. The molecule has 1 aliphatic heterocycles. The maximum atomic E-state index is 12.1. The quantitative estimate of drug-likeness (QED) is 0.395. The molecule has 0 aromatic rings. The van der Waals surface area contributed by atoms with Crippen LogP contribution in [-0.4, -0.2) is 48.9 Å². The molecule has 0 bridgehead atoms. The predicted molar refractivity (Wildman–Crippen MR) is 65.4 cm³/mol. The van der Waals surface area contributed by atoms with Crippen molar-refractivity contribution < 1.29 is 38.1 Å². The molecule has 9 nitrogen and oxygen atoms in total. The van der Waals surface area contributed by atoms with Gasteiger partial charge in [0, 0.05) is 13.2 Å². The Morgan fingerprint density at radius 3 is 2.19 bits per heavy atom. The maximum Gasteiger partial charge on any atom is 0.375 e. The first-order valence-electron chi connectivity index (χ1n) is 6.37. The highest BCUT2D eigenvalue weighted by Gasteiger charge is 2.47. The van der Waals surface area contributed by atoms with Crippen molar-refractivity contribution in [3.8, 4) is 0 Å². The molecule has 0 aromatic heterocycles. The molecule has 1 saturated heterocycles. The SMILES string of the molecule is CCOC1(OCC)CC(=O)OC(=O)C[C@H](N)C(=O)OC1=O. The van der Waals surface area contributed by atoms with Crippen LogP contribution >= 0.6 is 0 Å². The molecule has 1 heterocycles. The van der Waals surface area contributed by atoms with Crippen molar-refractivity contribution in [1.29, 1.82) is 0 Å². The number of nitrogens with two attached hydrogens (primary N) is 1. The highest BCUT2D eigenvalue weighted by Crippen LogP contribution is 2.23. The summed E-state index contributed by atoms with van der Waals surface area (Å²) in [5.41, 5.74) is 5.38. The fraction of sp³-hybridized carbons (Fsp3) is 0.667. The van der Waals surface area contributed by atoms with Gasteiger partial charge in [0.2, 0.25) is 0 Å². The minimum atomic E-state index is -2.15. The summed E-state index contributed by atoms with van der Waals surface area (Å²) in [5.74, 6) is -6.53. The summed E-state index contributed by atoms with van der Waals surface area (Å²) in [6.07, 6.45) is -1.30. The van der Waals surface area contributed by atoms with Crippen LogP contribution in [0, 0.1) is 0 Å². The molecule has 0 radical (unpaired) electrons. The number of esters is 4. The molecule has 118 valence electrons. The Hall–Kier alpha value is -1.84. The molecule has 0 aliphatic carbocycles. The summed E-state index contributed by atoms with van der Waals surface area (Å²) in [5, 5.41) is 0. The molecule has 1 aliphatic rings. The zero-order chi connectivity index (χ0) is 16.0. The van der Waals surface area contributed by atoms with Crippen molar-refractivity contribution in [3.05, 3.63) is 0 Å². The lowest BCUT2D eigenvalue weighted by Crippen LogP contribution is -2.51. The second-order valence-corrected chi connectivity index (χ2v) is 4.16. The van der Waals surface area contributed by atoms with E-state index in [-0.39, 0.29) is 13.2 Å². The van der Waals surface area contributed by atoms with E-state index in [0.717, 1.165) is 0 Å². The summed E-state index contributed by atoms with van der Waals surface area (Å²) in [6.45, 7) is 3.10. The van der Waals surface area contributed by atoms with E-state index in [9.17, 15) is 19.2 Å². The zero-order valence-corrected chi connectivity index (χ0v) is 11.7. The molecular formula is C12H17NO8. The Bertz CT molecular complexity index is 441. The Balaban J connectivity index is 3.13. The topological polar surface area (TPSA) is 131 Å². The minimum absolute atomic E-state index is 0.00340. The molecular weight excluding hydrogens is 286 g/mol. The molecule has 0 saturated carbocycles. The number of rotatable bonds is 4. The normalized spacial score (nSPS) is 23.5. The van der Waals surface area contributed by atoms with Gasteiger partial charge < -0.3 is 24.7 Å². The first-order valence-corrected chi connectivity index (χ1v) is 6.37. The zero-order valence-electron chi connectivity index (χ0n) is 11.7. The van der Waals surface area contributed by atoms with Gasteiger partial charge in [-0.2, -0.15) is 0 Å². The van der Waals surface area contributed by atoms with Crippen LogP contribution in [0.1, 0.15) is 26.7 Å². The van der Waals surface area contributed by atoms with Gasteiger partial charge >= 0.3 is 23.9 Å². The molecule has 2 N–H and O–H groups in total. The van der Waals surface area contributed by atoms with Crippen molar-refractivity contribution >= 4 is 23.9 Å². The monoisotopic (exact) mass is 303 g/mol. The van der Waals surface area contributed by atoms with Crippen LogP contribution in [0.25, 0.3) is 0 Å². The predicted octanol–water partition coefficient (Wildman–Crippen LogP) is -0.984. The molecule has 1 atom stereocenters. The number of ether oxygens (including phenoxy) is 4. The lowest BCUT2D eigenvalue weighted by molar-refractivity contribution is -0.249. The van der Waals surface area contributed by atoms with Crippen LogP contribution in [0.2, 0.25) is 0 Å². The maximum absolute atomic E-state index is 12.1. The van der Waals surface area contributed by atoms with Crippen molar-refractivity contribution in [3.63, 3.8) is 0 Å². The van der Waals surface area contributed by atoms with E-state index in [4.69, 9.17) is 15.2 Å².